The van der Waals surface area contributed by atoms with Crippen molar-refractivity contribution in [2.24, 2.45) is 0 Å². The van der Waals surface area contributed by atoms with E-state index in [9.17, 15) is 18.0 Å². The van der Waals surface area contributed by atoms with Crippen LogP contribution < -0.4 is 15.4 Å². The molecule has 2 N–H and O–H groups in total. The molecule has 4 rings (SSSR count). The highest BCUT2D eigenvalue weighted by Crippen LogP contribution is 2.33. The molecule has 0 saturated carbocycles. The van der Waals surface area contributed by atoms with Crippen molar-refractivity contribution in [1.82, 2.24) is 20.1 Å². The molecule has 178 valence electrons. The van der Waals surface area contributed by atoms with Gasteiger partial charge in [-0.15, -0.1) is 12.4 Å². The average molecular weight is 484 g/mol. The van der Waals surface area contributed by atoms with Crippen molar-refractivity contribution < 1.29 is 22.7 Å². The normalized spacial score (nSPS) is 14.8. The van der Waals surface area contributed by atoms with Gasteiger partial charge < -0.3 is 15.4 Å². The van der Waals surface area contributed by atoms with Gasteiger partial charge in [0.1, 0.15) is 17.1 Å². The van der Waals surface area contributed by atoms with Crippen LogP contribution in [0.15, 0.2) is 36.5 Å². The number of amides is 1. The average Bonchev–Trinajstić information content (AvgIpc) is 3.16. The molecule has 3 heterocycles. The van der Waals surface area contributed by atoms with E-state index in [0.717, 1.165) is 49.0 Å². The highest BCUT2D eigenvalue weighted by atomic mass is 35.5. The van der Waals surface area contributed by atoms with Gasteiger partial charge in [-0.3, -0.25) is 9.48 Å². The summed E-state index contributed by atoms with van der Waals surface area (Å²) in [5.74, 6) is -0.363. The minimum Gasteiger partial charge on any atom is -0.489 e. The molecule has 0 spiro atoms. The molecule has 1 saturated heterocycles. The summed E-state index contributed by atoms with van der Waals surface area (Å²) in [5.41, 5.74) is -0.391. The summed E-state index contributed by atoms with van der Waals surface area (Å²) in [6.07, 6.45) is -0.962. The van der Waals surface area contributed by atoms with Crippen LogP contribution in [0, 0.1) is 0 Å². The van der Waals surface area contributed by atoms with Crippen molar-refractivity contribution in [3.05, 3.63) is 47.9 Å². The number of rotatable bonds is 5. The Labute approximate surface area is 195 Å². The van der Waals surface area contributed by atoms with Gasteiger partial charge in [-0.05, 0) is 58.0 Å². The number of nitrogens with zero attached hydrogens (tertiary/aromatic N) is 3. The standard InChI is InChI=1S/C22H24F3N5O2.ClH/c1-13(2)32-19-11-17-14(12-30(29-17)15-6-8-26-9-7-15)10-18(19)28-21(31)16-4-3-5-20(27-16)22(23,24)25;/h3-5,10-13,15,26H,6-9H2,1-2H3,(H,28,31);1H. The smallest absolute Gasteiger partial charge is 0.433 e. The summed E-state index contributed by atoms with van der Waals surface area (Å²) in [7, 11) is 0. The number of hydrogen-bond donors (Lipinski definition) is 2. The Morgan fingerprint density at radius 2 is 1.97 bits per heavy atom. The second kappa shape index (κ2) is 9.96. The molecule has 1 amide bonds. The van der Waals surface area contributed by atoms with E-state index in [1.165, 1.54) is 6.07 Å². The molecular formula is C22H25ClF3N5O2. The van der Waals surface area contributed by atoms with Crippen LogP contribution in [0.2, 0.25) is 0 Å². The van der Waals surface area contributed by atoms with E-state index in [4.69, 9.17) is 4.74 Å². The number of benzene rings is 1. The lowest BCUT2D eigenvalue weighted by Crippen LogP contribution is -2.29. The summed E-state index contributed by atoms with van der Waals surface area (Å²) in [6, 6.07) is 6.96. The van der Waals surface area contributed by atoms with Crippen LogP contribution in [-0.2, 0) is 6.18 Å². The molecule has 1 aliphatic rings. The van der Waals surface area contributed by atoms with Crippen LogP contribution in [0.5, 0.6) is 5.75 Å². The maximum Gasteiger partial charge on any atom is 0.433 e. The minimum atomic E-state index is -4.63. The number of carbonyl (C=O) groups is 1. The van der Waals surface area contributed by atoms with Crippen LogP contribution in [0.1, 0.15) is 48.9 Å². The molecule has 0 radical (unpaired) electrons. The number of ether oxygens (including phenoxy) is 1. The van der Waals surface area contributed by atoms with Crippen molar-refractivity contribution >= 4 is 34.9 Å². The second-order valence-corrected chi connectivity index (χ2v) is 8.02. The first kappa shape index (κ1) is 24.8. The van der Waals surface area contributed by atoms with Crippen LogP contribution in [-0.4, -0.2) is 39.9 Å². The predicted octanol–water partition coefficient (Wildman–Crippen LogP) is 4.84. The zero-order chi connectivity index (χ0) is 22.9. The van der Waals surface area contributed by atoms with Gasteiger partial charge in [0.15, 0.2) is 0 Å². The van der Waals surface area contributed by atoms with Crippen molar-refractivity contribution in [1.29, 1.82) is 0 Å². The lowest BCUT2D eigenvalue weighted by Gasteiger charge is -2.22. The lowest BCUT2D eigenvalue weighted by atomic mass is 10.1. The molecular weight excluding hydrogens is 459 g/mol. The Morgan fingerprint density at radius 3 is 2.64 bits per heavy atom. The van der Waals surface area contributed by atoms with Gasteiger partial charge in [-0.1, -0.05) is 6.07 Å². The summed E-state index contributed by atoms with van der Waals surface area (Å²) in [6.45, 7) is 5.54. The number of aromatic nitrogens is 3. The highest BCUT2D eigenvalue weighted by molar-refractivity contribution is 6.05. The maximum absolute atomic E-state index is 13.0. The number of hydrogen-bond acceptors (Lipinski definition) is 5. The van der Waals surface area contributed by atoms with Crippen LogP contribution in [0.4, 0.5) is 18.9 Å². The molecule has 33 heavy (non-hydrogen) atoms. The Bertz CT molecular complexity index is 1130. The fourth-order valence-electron chi connectivity index (χ4n) is 3.68. The monoisotopic (exact) mass is 483 g/mol. The second-order valence-electron chi connectivity index (χ2n) is 8.02. The van der Waals surface area contributed by atoms with E-state index in [1.807, 2.05) is 24.7 Å². The minimum absolute atomic E-state index is 0. The largest absolute Gasteiger partial charge is 0.489 e. The first-order chi connectivity index (χ1) is 15.2. The summed E-state index contributed by atoms with van der Waals surface area (Å²) in [4.78, 5) is 16.2. The lowest BCUT2D eigenvalue weighted by molar-refractivity contribution is -0.141. The van der Waals surface area contributed by atoms with Gasteiger partial charge in [0.2, 0.25) is 0 Å². The van der Waals surface area contributed by atoms with E-state index in [1.54, 1.807) is 12.1 Å². The first-order valence-electron chi connectivity index (χ1n) is 10.5. The Balaban J connectivity index is 0.00000306. The Kier molecular flexibility index (Phi) is 7.48. The zero-order valence-electron chi connectivity index (χ0n) is 18.1. The SMILES string of the molecule is CC(C)Oc1cc2nn(C3CCNCC3)cc2cc1NC(=O)c1cccc(C(F)(F)F)n1.Cl. The summed E-state index contributed by atoms with van der Waals surface area (Å²) >= 11 is 0. The Hall–Kier alpha value is -2.85. The molecule has 1 fully saturated rings. The van der Waals surface area contributed by atoms with Crippen molar-refractivity contribution in [2.75, 3.05) is 18.4 Å². The molecule has 1 aliphatic heterocycles. The molecule has 0 bridgehead atoms. The number of fused-ring (bicyclic) bond motifs is 1. The van der Waals surface area contributed by atoms with Gasteiger partial charge in [0.05, 0.1) is 23.3 Å². The molecule has 11 heteroatoms. The van der Waals surface area contributed by atoms with Crippen molar-refractivity contribution in [3.8, 4) is 5.75 Å². The molecule has 7 nitrogen and oxygen atoms in total. The van der Waals surface area contributed by atoms with E-state index in [2.05, 4.69) is 20.7 Å². The first-order valence-corrected chi connectivity index (χ1v) is 10.5. The number of piperidine rings is 1. The fourth-order valence-corrected chi connectivity index (χ4v) is 3.68. The molecule has 0 aliphatic carbocycles. The number of nitrogens with one attached hydrogen (secondary N) is 2. The predicted molar refractivity (Wildman–Crippen MR) is 121 cm³/mol. The third-order valence-corrected chi connectivity index (χ3v) is 5.19. The third-order valence-electron chi connectivity index (χ3n) is 5.19. The Morgan fingerprint density at radius 1 is 1.24 bits per heavy atom. The number of pyridine rings is 1. The number of anilines is 1. The zero-order valence-corrected chi connectivity index (χ0v) is 19.0. The topological polar surface area (TPSA) is 81.1 Å². The van der Waals surface area contributed by atoms with Gasteiger partial charge in [0, 0.05) is 17.6 Å². The van der Waals surface area contributed by atoms with Gasteiger partial charge in [-0.25, -0.2) is 4.98 Å². The van der Waals surface area contributed by atoms with Crippen LogP contribution in [0.3, 0.4) is 0 Å². The number of carbonyl (C=O) groups excluding carboxylic acids is 1. The fraction of sp³-hybridized carbons (Fsp3) is 0.409. The molecule has 1 aromatic carbocycles. The van der Waals surface area contributed by atoms with Gasteiger partial charge in [-0.2, -0.15) is 18.3 Å². The molecule has 0 atom stereocenters. The van der Waals surface area contributed by atoms with E-state index in [0.29, 0.717) is 11.4 Å². The van der Waals surface area contributed by atoms with E-state index < -0.39 is 17.8 Å². The molecule has 0 unspecified atom stereocenters. The molecule has 2 aromatic heterocycles. The van der Waals surface area contributed by atoms with E-state index >= 15 is 0 Å². The summed E-state index contributed by atoms with van der Waals surface area (Å²) < 4.78 is 46.7. The quantitative estimate of drug-likeness (QED) is 0.543. The van der Waals surface area contributed by atoms with Gasteiger partial charge in [0.25, 0.3) is 5.91 Å². The van der Waals surface area contributed by atoms with Gasteiger partial charge >= 0.3 is 6.18 Å². The van der Waals surface area contributed by atoms with Crippen LogP contribution >= 0.6 is 12.4 Å². The van der Waals surface area contributed by atoms with Crippen LogP contribution in [0.25, 0.3) is 10.9 Å². The number of alkyl halides is 3. The van der Waals surface area contributed by atoms with E-state index in [-0.39, 0.29) is 30.2 Å². The number of halogens is 4. The highest BCUT2D eigenvalue weighted by Gasteiger charge is 2.33. The maximum atomic E-state index is 13.0. The van der Waals surface area contributed by atoms with Crippen molar-refractivity contribution in [3.63, 3.8) is 0 Å². The summed E-state index contributed by atoms with van der Waals surface area (Å²) in [5, 5.41) is 11.5. The van der Waals surface area contributed by atoms with Crippen molar-refractivity contribution in [2.45, 2.75) is 45.0 Å². The molecule has 3 aromatic rings. The third kappa shape index (κ3) is 5.75.